The molecule has 166 valence electrons. The molecule has 0 bridgehead atoms. The van der Waals surface area contributed by atoms with Gasteiger partial charge < -0.3 is 33.2 Å². The number of hydrogen-bond donors (Lipinski definition) is 2. The number of aliphatic hydroxyl groups is 1. The third-order valence-electron chi connectivity index (χ3n) is 4.54. The van der Waals surface area contributed by atoms with Crippen LogP contribution in [0.25, 0.3) is 0 Å². The van der Waals surface area contributed by atoms with Gasteiger partial charge in [-0.2, -0.15) is 0 Å². The number of rotatable bonds is 16. The van der Waals surface area contributed by atoms with E-state index in [0.717, 1.165) is 25.7 Å². The van der Waals surface area contributed by atoms with Crippen molar-refractivity contribution < 1.29 is 37.4 Å². The Morgan fingerprint density at radius 2 is 1.71 bits per heavy atom. The average Bonchev–Trinajstić information content (AvgIpc) is 2.72. The fraction of sp³-hybridized carbons (Fsp3) is 0.889. The molecule has 0 aromatic carbocycles. The van der Waals surface area contributed by atoms with E-state index in [2.05, 4.69) is 12.2 Å². The van der Waals surface area contributed by atoms with Crippen LogP contribution in [-0.4, -0.2) is 73.2 Å². The quantitative estimate of drug-likeness (QED) is 0.220. The maximum atomic E-state index is 12.1. The smallest absolute Gasteiger partial charge is 0.463 e. The molecule has 0 aromatic heterocycles. The van der Waals surface area contributed by atoms with E-state index in [1.807, 2.05) is 6.92 Å². The lowest BCUT2D eigenvalue weighted by Crippen LogP contribution is -2.43. The van der Waals surface area contributed by atoms with Crippen molar-refractivity contribution in [2.75, 3.05) is 41.1 Å². The van der Waals surface area contributed by atoms with Crippen molar-refractivity contribution in [2.24, 2.45) is 5.92 Å². The van der Waals surface area contributed by atoms with Crippen LogP contribution >= 0.6 is 0 Å². The molecule has 2 N–H and O–H groups in total. The summed E-state index contributed by atoms with van der Waals surface area (Å²) in [4.78, 5) is 23.9. The minimum Gasteiger partial charge on any atom is -0.463 e. The first-order valence-electron chi connectivity index (χ1n) is 9.79. The number of unbranched alkanes of at least 4 members (excludes halogenated alkanes) is 1. The van der Waals surface area contributed by atoms with Gasteiger partial charge in [-0.15, -0.1) is 0 Å². The lowest BCUT2D eigenvalue weighted by molar-refractivity contribution is -0.157. The van der Waals surface area contributed by atoms with Crippen molar-refractivity contribution in [1.82, 2.24) is 5.32 Å². The highest BCUT2D eigenvalue weighted by Crippen LogP contribution is 2.15. The molecular formula is C18H37NO8Si. The molecule has 0 saturated heterocycles. The van der Waals surface area contributed by atoms with Crippen molar-refractivity contribution >= 4 is 20.9 Å². The van der Waals surface area contributed by atoms with Gasteiger partial charge in [-0.3, -0.25) is 0 Å². The number of hydrogen-bond acceptors (Lipinski definition) is 8. The molecule has 1 amide bonds. The summed E-state index contributed by atoms with van der Waals surface area (Å²) in [7, 11) is 1.87. The van der Waals surface area contributed by atoms with Gasteiger partial charge in [-0.25, -0.2) is 9.59 Å². The predicted octanol–water partition coefficient (Wildman–Crippen LogP) is 2.10. The van der Waals surface area contributed by atoms with Crippen LogP contribution in [0.5, 0.6) is 0 Å². The summed E-state index contributed by atoms with van der Waals surface area (Å²) in [6, 6.07) is 0.512. The Morgan fingerprint density at radius 3 is 2.21 bits per heavy atom. The Kier molecular flexibility index (Phi) is 15.0. The van der Waals surface area contributed by atoms with E-state index in [0.29, 0.717) is 12.5 Å². The van der Waals surface area contributed by atoms with Gasteiger partial charge in [-0.05, 0) is 18.8 Å². The molecule has 0 fully saturated rings. The molecule has 0 aliphatic heterocycles. The van der Waals surface area contributed by atoms with E-state index in [1.165, 1.54) is 21.3 Å². The maximum Gasteiger partial charge on any atom is 0.500 e. The van der Waals surface area contributed by atoms with Crippen LogP contribution in [0.3, 0.4) is 0 Å². The highest BCUT2D eigenvalue weighted by Gasteiger charge is 2.36. The van der Waals surface area contributed by atoms with Crippen molar-refractivity contribution in [2.45, 2.75) is 58.1 Å². The second-order valence-electron chi connectivity index (χ2n) is 6.45. The molecule has 2 unspecified atom stereocenters. The first-order chi connectivity index (χ1) is 13.4. The number of esters is 1. The van der Waals surface area contributed by atoms with Crippen molar-refractivity contribution in [3.63, 3.8) is 0 Å². The van der Waals surface area contributed by atoms with Gasteiger partial charge in [-0.1, -0.05) is 33.1 Å². The van der Waals surface area contributed by atoms with Crippen LogP contribution in [0.4, 0.5) is 4.79 Å². The number of carbonyl (C=O) groups excluding carboxylic acids is 2. The maximum absolute atomic E-state index is 12.1. The summed E-state index contributed by atoms with van der Waals surface area (Å²) in [5.41, 5.74) is 0. The minimum atomic E-state index is -2.69. The first kappa shape index (κ1) is 26.8. The number of nitrogens with one attached hydrogen (secondary N) is 1. The monoisotopic (exact) mass is 423 g/mol. The molecule has 0 saturated carbocycles. The fourth-order valence-electron chi connectivity index (χ4n) is 2.57. The molecular weight excluding hydrogens is 386 g/mol. The Hall–Kier alpha value is -1.20. The molecule has 0 rings (SSSR count). The molecule has 2 atom stereocenters. The molecule has 28 heavy (non-hydrogen) atoms. The van der Waals surface area contributed by atoms with Gasteiger partial charge in [0.15, 0.2) is 0 Å². The minimum absolute atomic E-state index is 0.259. The molecule has 10 heteroatoms. The normalized spacial score (nSPS) is 13.6. The van der Waals surface area contributed by atoms with Crippen molar-refractivity contribution in [3.05, 3.63) is 0 Å². The third kappa shape index (κ3) is 10.4. The van der Waals surface area contributed by atoms with Crippen LogP contribution in [0, 0.1) is 5.92 Å². The van der Waals surface area contributed by atoms with Crippen LogP contribution < -0.4 is 5.32 Å². The van der Waals surface area contributed by atoms with Crippen LogP contribution in [-0.2, 0) is 27.5 Å². The first-order valence-corrected chi connectivity index (χ1v) is 11.7. The van der Waals surface area contributed by atoms with E-state index in [-0.39, 0.29) is 19.1 Å². The molecule has 0 heterocycles. The van der Waals surface area contributed by atoms with E-state index in [1.54, 1.807) is 0 Å². The number of carbonyl (C=O) groups is 2. The predicted molar refractivity (Wildman–Crippen MR) is 106 cm³/mol. The zero-order valence-corrected chi connectivity index (χ0v) is 18.8. The molecule has 0 radical (unpaired) electrons. The Bertz CT molecular complexity index is 426. The van der Waals surface area contributed by atoms with Gasteiger partial charge in [0, 0.05) is 33.9 Å². The van der Waals surface area contributed by atoms with Crippen LogP contribution in [0.2, 0.25) is 6.04 Å². The molecule has 9 nitrogen and oxygen atoms in total. The van der Waals surface area contributed by atoms with Crippen LogP contribution in [0.1, 0.15) is 46.0 Å². The zero-order valence-electron chi connectivity index (χ0n) is 17.8. The van der Waals surface area contributed by atoms with Gasteiger partial charge >= 0.3 is 20.9 Å². The number of alkyl carbamates (subject to hydrolysis) is 1. The molecule has 0 aliphatic carbocycles. The average molecular weight is 424 g/mol. The Labute approximate surface area is 169 Å². The SMILES string of the molecule is CCCCC(CC)COC(=O)C(CO)OC(=O)NCCC[Si](OC)(OC)OC. The highest BCUT2D eigenvalue weighted by atomic mass is 28.4. The summed E-state index contributed by atoms with van der Waals surface area (Å²) in [6.07, 6.45) is 2.42. The summed E-state index contributed by atoms with van der Waals surface area (Å²) >= 11 is 0. The summed E-state index contributed by atoms with van der Waals surface area (Å²) in [5.74, 6) is -0.471. The Balaban J connectivity index is 4.27. The zero-order chi connectivity index (χ0) is 21.4. The Morgan fingerprint density at radius 1 is 1.07 bits per heavy atom. The number of ether oxygens (including phenoxy) is 2. The molecule has 0 aromatic rings. The molecule has 0 spiro atoms. The summed E-state index contributed by atoms with van der Waals surface area (Å²) in [5, 5.41) is 11.9. The van der Waals surface area contributed by atoms with E-state index in [9.17, 15) is 14.7 Å². The highest BCUT2D eigenvalue weighted by molar-refractivity contribution is 6.60. The van der Waals surface area contributed by atoms with Gasteiger partial charge in [0.2, 0.25) is 6.10 Å². The second kappa shape index (κ2) is 15.7. The standard InChI is InChI=1S/C18H37NO8Si/c1-6-8-10-15(7-2)14-26-17(21)16(13-20)27-18(22)19-11-9-12-28(23-3,24-4)25-5/h15-16,20H,6-14H2,1-5H3,(H,19,22). The number of amides is 1. The van der Waals surface area contributed by atoms with E-state index >= 15 is 0 Å². The fourth-order valence-corrected chi connectivity index (χ4v) is 4.30. The van der Waals surface area contributed by atoms with Crippen LogP contribution in [0.15, 0.2) is 0 Å². The van der Waals surface area contributed by atoms with Gasteiger partial charge in [0.05, 0.1) is 13.2 Å². The van der Waals surface area contributed by atoms with Crippen molar-refractivity contribution in [1.29, 1.82) is 0 Å². The summed E-state index contributed by atoms with van der Waals surface area (Å²) < 4.78 is 26.1. The van der Waals surface area contributed by atoms with Crippen molar-refractivity contribution in [3.8, 4) is 0 Å². The van der Waals surface area contributed by atoms with E-state index < -0.39 is 33.6 Å². The summed E-state index contributed by atoms with van der Waals surface area (Å²) in [6.45, 7) is 4.05. The topological polar surface area (TPSA) is 113 Å². The third-order valence-corrected chi connectivity index (χ3v) is 7.38. The molecule has 0 aliphatic rings. The largest absolute Gasteiger partial charge is 0.500 e. The second-order valence-corrected chi connectivity index (χ2v) is 9.54. The lowest BCUT2D eigenvalue weighted by Gasteiger charge is -2.24. The number of aliphatic hydroxyl groups excluding tert-OH is 1. The van der Waals surface area contributed by atoms with Gasteiger partial charge in [0.1, 0.15) is 0 Å². The van der Waals surface area contributed by atoms with Gasteiger partial charge in [0.25, 0.3) is 0 Å². The van der Waals surface area contributed by atoms with E-state index in [4.69, 9.17) is 22.8 Å². The lowest BCUT2D eigenvalue weighted by atomic mass is 10.0.